The first-order valence-electron chi connectivity index (χ1n) is 40.5. The number of halogens is 1. The molecule has 123 heavy (non-hydrogen) atoms. The van der Waals surface area contributed by atoms with Gasteiger partial charge in [0.2, 0.25) is 17.7 Å². The second-order valence-corrected chi connectivity index (χ2v) is 29.1. The highest BCUT2D eigenvalue weighted by Gasteiger charge is 2.27. The fraction of sp³-hybridized carbons (Fsp3) is 0.562. The van der Waals surface area contributed by atoms with E-state index in [4.69, 9.17) is 70.2 Å². The Labute approximate surface area is 732 Å². The summed E-state index contributed by atoms with van der Waals surface area (Å²) in [5.41, 5.74) is 11.0. The molecule has 4 aromatic rings. The van der Waals surface area contributed by atoms with E-state index in [1.54, 1.807) is 48.7 Å². The fourth-order valence-electron chi connectivity index (χ4n) is 11.5. The summed E-state index contributed by atoms with van der Waals surface area (Å²) < 4.78 is 58.2. The van der Waals surface area contributed by atoms with Crippen molar-refractivity contribution in [3.8, 4) is 0 Å². The molecule has 0 unspecified atom stereocenters. The quantitative estimate of drug-likeness (QED) is 0.0128. The number of nitrogens with zero attached hydrogens (tertiary/aromatic N) is 5. The second-order valence-electron chi connectivity index (χ2n) is 27.5. The molecular formula is C80H117IN16O25S. The van der Waals surface area contributed by atoms with Crippen molar-refractivity contribution in [3.05, 3.63) is 123 Å². The molecule has 2 aromatic heterocycles. The smallest absolute Gasteiger partial charge is 0.354 e. The van der Waals surface area contributed by atoms with Crippen LogP contribution in [0.1, 0.15) is 108 Å². The van der Waals surface area contributed by atoms with Gasteiger partial charge < -0.3 is 126 Å². The fourth-order valence-corrected chi connectivity index (χ4v) is 12.1. The van der Waals surface area contributed by atoms with Gasteiger partial charge in [0.15, 0.2) is 10.8 Å². The van der Waals surface area contributed by atoms with Gasteiger partial charge in [-0.05, 0) is 147 Å². The number of carbonyl (C=O) groups is 10. The van der Waals surface area contributed by atoms with Crippen molar-refractivity contribution in [2.24, 2.45) is 5.11 Å². The van der Waals surface area contributed by atoms with E-state index in [-0.39, 0.29) is 94.0 Å². The van der Waals surface area contributed by atoms with Crippen LogP contribution >= 0.6 is 34.8 Å². The number of thiocarbonyl (C=S) groups is 1. The lowest BCUT2D eigenvalue weighted by molar-refractivity contribution is -0.142. The third kappa shape index (κ3) is 49.3. The molecular weight excluding hydrogens is 1740 g/mol. The van der Waals surface area contributed by atoms with Crippen LogP contribution in [0.25, 0.3) is 5.70 Å². The standard InChI is InChI=1S/C80H117IN16O25S/c81-59-18-16-57(17-19-59)49-71(99)84-21-4-2-13-66(75(105)106)93-73(102)64(12-1-6-23-86-80(123)91-62-51-63(89-68(52-62)77(109)110)56-97-27-33-117-39-37-115-31-25-96(26-32-116-38-40-118-34-28-97)55-61-11-8-15-65(88-61)74(103)104)92-70(98)20-29-113-35-41-119-43-45-121-47-48-122-46-44-120-42-36-114-30-24-83-53-69(95-82)58-9-7-10-60(50-58)90-78(111)85-22-5-3-14-67(76(107)108)94-79(112)87-54-72(100)101/h7-11,15-19,50-53,64,66-67,82-83H,1-6,12-14,20-49,54-56H2,(H,84,99)(H,92,98)(H,93,102)(H,100,101)(H,103,104)(H,105,106)(H,107,108)(H,109,110)(H2,85,90,111)(H2,87,94,112)(H2,86,89,91,123)/b69-53-,95-82?/t64-,66-,67-/m0/s1. The molecule has 0 spiro atoms. The number of urea groups is 2. The number of aromatic nitrogens is 2. The number of amides is 7. The normalized spacial score (nSPS) is 14.2. The van der Waals surface area contributed by atoms with E-state index in [0.29, 0.717) is 231 Å². The Morgan fingerprint density at radius 3 is 1.54 bits per heavy atom. The molecule has 1 aliphatic heterocycles. The molecule has 680 valence electrons. The summed E-state index contributed by atoms with van der Waals surface area (Å²) in [6.45, 7) is 9.12. The van der Waals surface area contributed by atoms with Gasteiger partial charge >= 0.3 is 41.9 Å². The molecule has 16 N–H and O–H groups in total. The van der Waals surface area contributed by atoms with Crippen LogP contribution in [0.2, 0.25) is 0 Å². The van der Waals surface area contributed by atoms with Crippen LogP contribution in [0, 0.1) is 9.10 Å². The average molecular weight is 1860 g/mol. The molecule has 3 atom stereocenters. The summed E-state index contributed by atoms with van der Waals surface area (Å²) in [7, 11) is 0. The van der Waals surface area contributed by atoms with Gasteiger partial charge in [0.25, 0.3) is 0 Å². The monoisotopic (exact) mass is 1860 g/mol. The number of anilines is 2. The molecule has 7 amide bonds. The molecule has 43 heteroatoms. The molecule has 0 aliphatic carbocycles. The van der Waals surface area contributed by atoms with Crippen molar-refractivity contribution >= 4 is 117 Å². The number of aliphatic carboxylic acids is 3. The minimum absolute atomic E-state index is 0.00364. The van der Waals surface area contributed by atoms with E-state index in [1.807, 2.05) is 34.5 Å². The van der Waals surface area contributed by atoms with Gasteiger partial charge in [0.1, 0.15) is 36.1 Å². The molecule has 1 aliphatic rings. The highest BCUT2D eigenvalue weighted by molar-refractivity contribution is 14.1. The highest BCUT2D eigenvalue weighted by atomic mass is 127. The Hall–Kier alpha value is -9.88. The van der Waals surface area contributed by atoms with Crippen molar-refractivity contribution < 1.29 is 121 Å². The number of hydrogen-bond donors (Lipinski definition) is 16. The molecule has 2 aromatic carbocycles. The number of nitrogens with one attached hydrogen (secondary N) is 11. The zero-order valence-electron chi connectivity index (χ0n) is 68.9. The number of aromatic carboxylic acids is 2. The first-order chi connectivity index (χ1) is 59.5. The number of carbonyl (C=O) groups excluding carboxylic acids is 5. The second kappa shape index (κ2) is 64.0. The Morgan fingerprint density at radius 1 is 0.496 bits per heavy atom. The summed E-state index contributed by atoms with van der Waals surface area (Å²) in [5.74, 6) is -7.55. The van der Waals surface area contributed by atoms with Gasteiger partial charge in [-0.15, -0.1) is 0 Å². The first kappa shape index (κ1) is 104. The van der Waals surface area contributed by atoms with Gasteiger partial charge in [0.05, 0.1) is 150 Å². The van der Waals surface area contributed by atoms with Gasteiger partial charge in [-0.25, -0.2) is 44.3 Å². The van der Waals surface area contributed by atoms with Crippen LogP contribution in [0.5, 0.6) is 0 Å². The summed E-state index contributed by atoms with van der Waals surface area (Å²) >= 11 is 7.81. The van der Waals surface area contributed by atoms with Crippen LogP contribution in [0.15, 0.2) is 90.2 Å². The summed E-state index contributed by atoms with van der Waals surface area (Å²) in [6.07, 6.45) is 4.21. The van der Waals surface area contributed by atoms with Crippen molar-refractivity contribution in [1.82, 2.24) is 62.3 Å². The lowest BCUT2D eigenvalue weighted by Crippen LogP contribution is -2.51. The maximum atomic E-state index is 13.9. The SMILES string of the molecule is N=N/C(=C\NCCOCCOCCOCCOCCOCCOCCC(=O)N[C@@H](CCCCNC(=S)Nc1cc(CN2CCOCCOCCN(Cc3cccc(C(=O)O)n3)CCOCCOCC2)nc(C(=O)O)c1)C(=O)N[C@@H](CCCCNC(=O)Cc1ccc(I)cc1)C(=O)O)c1cccc(NC(=O)NCCCC[C@H](NC(=O)NCC(=O)O)C(=O)O)c1. The molecule has 41 nitrogen and oxygen atoms in total. The Balaban J connectivity index is 0.953. The van der Waals surface area contributed by atoms with Crippen LogP contribution in [-0.2, 0) is 95.6 Å². The Morgan fingerprint density at radius 2 is 1.00 bits per heavy atom. The van der Waals surface area contributed by atoms with Crippen LogP contribution in [0.3, 0.4) is 0 Å². The third-order valence-electron chi connectivity index (χ3n) is 17.8. The number of rotatable bonds is 57. The third-order valence-corrected chi connectivity index (χ3v) is 18.8. The van der Waals surface area contributed by atoms with Crippen molar-refractivity contribution in [1.29, 1.82) is 5.53 Å². The van der Waals surface area contributed by atoms with E-state index in [1.165, 1.54) is 12.1 Å². The number of carboxylic acid groups (broad SMARTS) is 5. The highest BCUT2D eigenvalue weighted by Crippen LogP contribution is 2.21. The average Bonchev–Trinajstić information content (AvgIpc) is 0.844. The van der Waals surface area contributed by atoms with Gasteiger partial charge in [-0.2, -0.15) is 5.11 Å². The largest absolute Gasteiger partial charge is 0.480 e. The number of unbranched alkanes of at least 4 members (excludes halogenated alkanes) is 3. The predicted molar refractivity (Wildman–Crippen MR) is 459 cm³/mol. The Bertz CT molecular complexity index is 3880. The molecule has 5 rings (SSSR count). The van der Waals surface area contributed by atoms with E-state index in [2.05, 4.69) is 90.4 Å². The maximum absolute atomic E-state index is 13.9. The summed E-state index contributed by atoms with van der Waals surface area (Å²) in [4.78, 5) is 135. The molecule has 1 saturated heterocycles. The number of carboxylic acids is 5. The lowest BCUT2D eigenvalue weighted by Gasteiger charge is -2.23. The number of pyridine rings is 2. The molecule has 0 radical (unpaired) electrons. The first-order valence-corrected chi connectivity index (χ1v) is 42.0. The van der Waals surface area contributed by atoms with Gasteiger partial charge in [0, 0.05) is 98.6 Å². The van der Waals surface area contributed by atoms with Crippen molar-refractivity contribution in [2.45, 2.75) is 102 Å². The van der Waals surface area contributed by atoms with Crippen LogP contribution < -0.4 is 53.2 Å². The molecule has 0 bridgehead atoms. The molecule has 1 fully saturated rings. The van der Waals surface area contributed by atoms with E-state index in [0.717, 1.165) is 9.13 Å². The Kier molecular flexibility index (Phi) is 53.9. The van der Waals surface area contributed by atoms with Crippen molar-refractivity contribution in [3.63, 3.8) is 0 Å². The number of hydrogen-bond acceptors (Lipinski definition) is 28. The zero-order valence-corrected chi connectivity index (χ0v) is 71.9. The minimum Gasteiger partial charge on any atom is -0.480 e. The molecule has 3 heterocycles. The predicted octanol–water partition coefficient (Wildman–Crippen LogP) is 4.14. The summed E-state index contributed by atoms with van der Waals surface area (Å²) in [6, 6.07) is 17.1. The lowest BCUT2D eigenvalue weighted by atomic mass is 10.1. The van der Waals surface area contributed by atoms with Crippen LogP contribution in [-0.4, -0.2) is 319 Å². The van der Waals surface area contributed by atoms with Crippen LogP contribution in [0.4, 0.5) is 21.0 Å². The molecule has 0 saturated carbocycles. The van der Waals surface area contributed by atoms with Gasteiger partial charge in [-0.1, -0.05) is 30.3 Å². The summed E-state index contributed by atoms with van der Waals surface area (Å²) in [5, 5.41) is 78.5. The van der Waals surface area contributed by atoms with E-state index in [9.17, 15) is 68.4 Å². The van der Waals surface area contributed by atoms with E-state index >= 15 is 0 Å². The zero-order chi connectivity index (χ0) is 88.9. The topological polar surface area (TPSA) is 553 Å². The maximum Gasteiger partial charge on any atom is 0.354 e. The van der Waals surface area contributed by atoms with Gasteiger partial charge in [-0.3, -0.25) is 29.0 Å². The minimum atomic E-state index is -1.29. The number of benzene rings is 2. The van der Waals surface area contributed by atoms with E-state index < -0.39 is 78.4 Å². The number of ether oxygens (including phenoxy) is 10. The van der Waals surface area contributed by atoms with Crippen molar-refractivity contribution in [2.75, 3.05) is 202 Å².